The minimum Gasteiger partial charge on any atom is -0.492 e. The predicted molar refractivity (Wildman–Crippen MR) is 94.3 cm³/mol. The van der Waals surface area contributed by atoms with Crippen LogP contribution in [-0.2, 0) is 4.74 Å². The second-order valence-corrected chi connectivity index (χ2v) is 7.76. The first-order valence-electron chi connectivity index (χ1n) is 7.67. The monoisotopic (exact) mass is 418 g/mol. The van der Waals surface area contributed by atoms with E-state index < -0.39 is 0 Å². The Balaban J connectivity index is 2.16. The van der Waals surface area contributed by atoms with E-state index in [0.29, 0.717) is 22.8 Å². The molecule has 0 amide bonds. The highest BCUT2D eigenvalue weighted by atomic mass is 79.9. The van der Waals surface area contributed by atoms with Crippen molar-refractivity contribution >= 4 is 31.9 Å². The van der Waals surface area contributed by atoms with Crippen LogP contribution in [0.25, 0.3) is 0 Å². The van der Waals surface area contributed by atoms with Gasteiger partial charge in [0.25, 0.3) is 0 Å². The number of rotatable bonds is 5. The molecule has 1 aromatic rings. The van der Waals surface area contributed by atoms with Gasteiger partial charge in [-0.3, -0.25) is 0 Å². The molecule has 118 valence electrons. The van der Waals surface area contributed by atoms with Gasteiger partial charge in [0, 0.05) is 10.7 Å². The Morgan fingerprint density at radius 3 is 2.48 bits per heavy atom. The van der Waals surface area contributed by atoms with Crippen molar-refractivity contribution in [1.82, 2.24) is 0 Å². The van der Waals surface area contributed by atoms with Crippen molar-refractivity contribution in [2.24, 2.45) is 11.8 Å². The maximum atomic E-state index is 5.97. The fraction of sp³-hybridized carbons (Fsp3) is 0.647. The summed E-state index contributed by atoms with van der Waals surface area (Å²) < 4.78 is 12.7. The van der Waals surface area contributed by atoms with E-state index in [9.17, 15) is 0 Å². The largest absolute Gasteiger partial charge is 0.492 e. The van der Waals surface area contributed by atoms with Crippen LogP contribution in [-0.4, -0.2) is 18.8 Å². The minimum atomic E-state index is 0.272. The number of hydrogen-bond donors (Lipinski definition) is 0. The molecule has 0 radical (unpaired) electrons. The molecule has 0 saturated carbocycles. The molecule has 0 aromatic heterocycles. The van der Waals surface area contributed by atoms with E-state index in [1.54, 1.807) is 0 Å². The molecule has 21 heavy (non-hydrogen) atoms. The van der Waals surface area contributed by atoms with Crippen molar-refractivity contribution in [3.63, 3.8) is 0 Å². The first kappa shape index (κ1) is 17.3. The predicted octanol–water partition coefficient (Wildman–Crippen LogP) is 5.73. The fourth-order valence-electron chi connectivity index (χ4n) is 3.04. The number of halogens is 2. The highest BCUT2D eigenvalue weighted by Crippen LogP contribution is 2.45. The van der Waals surface area contributed by atoms with Gasteiger partial charge in [0.1, 0.15) is 5.75 Å². The van der Waals surface area contributed by atoms with Gasteiger partial charge in [0.15, 0.2) is 0 Å². The van der Waals surface area contributed by atoms with E-state index in [4.69, 9.17) is 9.47 Å². The van der Waals surface area contributed by atoms with E-state index in [1.165, 1.54) is 5.56 Å². The summed E-state index contributed by atoms with van der Waals surface area (Å²) in [4.78, 5) is 0.295. The number of hydrogen-bond acceptors (Lipinski definition) is 2. The van der Waals surface area contributed by atoms with Gasteiger partial charge < -0.3 is 9.47 Å². The van der Waals surface area contributed by atoms with Crippen LogP contribution in [0.5, 0.6) is 5.75 Å². The second-order valence-electron chi connectivity index (χ2n) is 5.92. The normalized spacial score (nSPS) is 30.4. The number of alkyl halides is 1. The molecule has 0 bridgehead atoms. The lowest BCUT2D eigenvalue weighted by Gasteiger charge is -2.25. The van der Waals surface area contributed by atoms with Gasteiger partial charge in [-0.15, -0.1) is 0 Å². The Bertz CT molecular complexity index is 478. The zero-order valence-electron chi connectivity index (χ0n) is 13.1. The third-order valence-electron chi connectivity index (χ3n) is 4.39. The van der Waals surface area contributed by atoms with Gasteiger partial charge in [-0.1, -0.05) is 35.8 Å². The summed E-state index contributed by atoms with van der Waals surface area (Å²) in [6.07, 6.45) is 1.61. The zero-order chi connectivity index (χ0) is 15.6. The summed E-state index contributed by atoms with van der Waals surface area (Å²) in [5.74, 6) is 1.94. The van der Waals surface area contributed by atoms with Gasteiger partial charge >= 0.3 is 0 Å². The van der Waals surface area contributed by atoms with Gasteiger partial charge in [-0.2, -0.15) is 0 Å². The molecule has 5 unspecified atom stereocenters. The van der Waals surface area contributed by atoms with Crippen LogP contribution in [0, 0.1) is 11.8 Å². The lowest BCUT2D eigenvalue weighted by Crippen LogP contribution is -2.21. The molecular formula is C17H24Br2O2. The van der Waals surface area contributed by atoms with Crippen LogP contribution in [0.3, 0.4) is 0 Å². The second kappa shape index (κ2) is 7.47. The molecule has 2 nitrogen and oxygen atoms in total. The molecular weight excluding hydrogens is 396 g/mol. The lowest BCUT2D eigenvalue weighted by atomic mass is 9.84. The Morgan fingerprint density at radius 2 is 1.95 bits per heavy atom. The van der Waals surface area contributed by atoms with Crippen LogP contribution >= 0.6 is 31.9 Å². The van der Waals surface area contributed by atoms with Crippen molar-refractivity contribution < 1.29 is 9.47 Å². The molecule has 0 aliphatic carbocycles. The van der Waals surface area contributed by atoms with Crippen molar-refractivity contribution in [2.45, 2.75) is 51.2 Å². The molecule has 1 aromatic carbocycles. The van der Waals surface area contributed by atoms with Crippen molar-refractivity contribution in [2.75, 3.05) is 6.61 Å². The van der Waals surface area contributed by atoms with Crippen LogP contribution in [0.1, 0.15) is 44.5 Å². The van der Waals surface area contributed by atoms with Crippen LogP contribution in [0.2, 0.25) is 0 Å². The summed E-state index contributed by atoms with van der Waals surface area (Å²) in [7, 11) is 0. The summed E-state index contributed by atoms with van der Waals surface area (Å²) in [6.45, 7) is 9.48. The van der Waals surface area contributed by atoms with E-state index in [0.717, 1.165) is 23.2 Å². The molecule has 4 heteroatoms. The standard InChI is InChI=1S/C17H24Br2O2/c1-5-8-20-15-7-6-13(9-14(15)18)17(19)16-10(2)11(3)21-12(16)4/h6-7,9-12,16-17H,5,8H2,1-4H3. The molecule has 1 aliphatic rings. The van der Waals surface area contributed by atoms with Gasteiger partial charge in [-0.25, -0.2) is 0 Å². The minimum absolute atomic E-state index is 0.272. The molecule has 0 N–H and O–H groups in total. The van der Waals surface area contributed by atoms with E-state index in [-0.39, 0.29) is 6.10 Å². The van der Waals surface area contributed by atoms with Crippen LogP contribution < -0.4 is 4.74 Å². The van der Waals surface area contributed by atoms with Crippen molar-refractivity contribution in [3.8, 4) is 5.75 Å². The number of benzene rings is 1. The topological polar surface area (TPSA) is 18.5 Å². The Morgan fingerprint density at radius 1 is 1.24 bits per heavy atom. The van der Waals surface area contributed by atoms with Gasteiger partial charge in [0.05, 0.1) is 23.3 Å². The van der Waals surface area contributed by atoms with Crippen molar-refractivity contribution in [1.29, 1.82) is 0 Å². The smallest absolute Gasteiger partial charge is 0.133 e. The molecule has 1 heterocycles. The van der Waals surface area contributed by atoms with Crippen LogP contribution in [0.4, 0.5) is 0 Å². The van der Waals surface area contributed by atoms with Gasteiger partial charge in [-0.05, 0) is 59.8 Å². The van der Waals surface area contributed by atoms with E-state index in [2.05, 4.69) is 77.8 Å². The third-order valence-corrected chi connectivity index (χ3v) is 6.15. The quantitative estimate of drug-likeness (QED) is 0.567. The fourth-order valence-corrected chi connectivity index (χ4v) is 4.75. The summed E-state index contributed by atoms with van der Waals surface area (Å²) >= 11 is 7.51. The molecule has 0 spiro atoms. The highest BCUT2D eigenvalue weighted by molar-refractivity contribution is 9.10. The average Bonchev–Trinajstić information content (AvgIpc) is 2.70. The van der Waals surface area contributed by atoms with Crippen molar-refractivity contribution in [3.05, 3.63) is 28.2 Å². The summed E-state index contributed by atoms with van der Waals surface area (Å²) in [6, 6.07) is 6.36. The third kappa shape index (κ3) is 3.83. The molecule has 5 atom stereocenters. The SMILES string of the molecule is CCCOc1ccc(C(Br)C2C(C)OC(C)C2C)cc1Br. The van der Waals surface area contributed by atoms with Crippen LogP contribution in [0.15, 0.2) is 22.7 Å². The molecule has 1 fully saturated rings. The zero-order valence-corrected chi connectivity index (χ0v) is 16.3. The first-order valence-corrected chi connectivity index (χ1v) is 9.38. The lowest BCUT2D eigenvalue weighted by molar-refractivity contribution is 0.0511. The number of ether oxygens (including phenoxy) is 2. The summed E-state index contributed by atoms with van der Waals surface area (Å²) in [5, 5.41) is 0. The Hall–Kier alpha value is -0.0600. The maximum Gasteiger partial charge on any atom is 0.133 e. The molecule has 1 saturated heterocycles. The van der Waals surface area contributed by atoms with E-state index >= 15 is 0 Å². The Labute approximate surface area is 144 Å². The maximum absolute atomic E-state index is 5.97. The molecule has 1 aliphatic heterocycles. The first-order chi connectivity index (χ1) is 9.95. The summed E-state index contributed by atoms with van der Waals surface area (Å²) in [5.41, 5.74) is 1.27. The van der Waals surface area contributed by atoms with Gasteiger partial charge in [0.2, 0.25) is 0 Å². The highest BCUT2D eigenvalue weighted by Gasteiger charge is 2.41. The van der Waals surface area contributed by atoms with E-state index in [1.807, 2.05) is 0 Å². The average molecular weight is 420 g/mol. The molecule has 2 rings (SSSR count). The Kier molecular flexibility index (Phi) is 6.15.